The van der Waals surface area contributed by atoms with Gasteiger partial charge in [0.15, 0.2) is 0 Å². The van der Waals surface area contributed by atoms with Crippen molar-refractivity contribution < 1.29 is 13.2 Å². The summed E-state index contributed by atoms with van der Waals surface area (Å²) in [6.07, 6.45) is 1.70. The van der Waals surface area contributed by atoms with Crippen molar-refractivity contribution in [2.24, 2.45) is 0 Å². The van der Waals surface area contributed by atoms with E-state index in [1.165, 1.54) is 17.7 Å². The molecule has 5 nitrogen and oxygen atoms in total. The number of sulfonamides is 1. The van der Waals surface area contributed by atoms with E-state index in [1.807, 2.05) is 18.2 Å². The van der Waals surface area contributed by atoms with E-state index in [2.05, 4.69) is 22.2 Å². The van der Waals surface area contributed by atoms with Gasteiger partial charge in [-0.25, -0.2) is 13.1 Å². The quantitative estimate of drug-likeness (QED) is 0.711. The maximum absolute atomic E-state index is 12.2. The second-order valence-corrected chi connectivity index (χ2v) is 7.86. The van der Waals surface area contributed by atoms with Crippen molar-refractivity contribution in [3.63, 3.8) is 0 Å². The van der Waals surface area contributed by atoms with Crippen molar-refractivity contribution in [2.45, 2.75) is 37.6 Å². The molecular formula is C19H24N2O3S. The van der Waals surface area contributed by atoms with Gasteiger partial charge in [-0.2, -0.15) is 0 Å². The number of carbonyl (C=O) groups excluding carboxylic acids is 1. The summed E-state index contributed by atoms with van der Waals surface area (Å²) in [4.78, 5) is 12.3. The molecule has 0 atom stereocenters. The van der Waals surface area contributed by atoms with Gasteiger partial charge in [0.2, 0.25) is 10.0 Å². The number of carbonyl (C=O) groups is 1. The fourth-order valence-corrected chi connectivity index (χ4v) is 3.72. The van der Waals surface area contributed by atoms with Gasteiger partial charge in [0.1, 0.15) is 0 Å². The van der Waals surface area contributed by atoms with E-state index in [0.29, 0.717) is 12.1 Å². The Kier molecular flexibility index (Phi) is 6.73. The Morgan fingerprint density at radius 3 is 2.44 bits per heavy atom. The average Bonchev–Trinajstić information content (AvgIpc) is 2.58. The van der Waals surface area contributed by atoms with Crippen molar-refractivity contribution in [3.05, 3.63) is 65.7 Å². The zero-order chi connectivity index (χ0) is 18.3. The third-order valence-corrected chi connectivity index (χ3v) is 5.22. The van der Waals surface area contributed by atoms with Crippen molar-refractivity contribution in [3.8, 4) is 0 Å². The molecule has 2 aromatic carbocycles. The molecule has 0 fully saturated rings. The lowest BCUT2D eigenvalue weighted by molar-refractivity contribution is 0.0953. The maximum atomic E-state index is 12.2. The minimum atomic E-state index is -3.61. The average molecular weight is 360 g/mol. The molecule has 0 radical (unpaired) electrons. The van der Waals surface area contributed by atoms with Crippen LogP contribution in [0, 0.1) is 0 Å². The predicted molar refractivity (Wildman–Crippen MR) is 99.0 cm³/mol. The van der Waals surface area contributed by atoms with Crippen LogP contribution < -0.4 is 10.0 Å². The number of hydrogen-bond acceptors (Lipinski definition) is 3. The molecule has 0 aromatic heterocycles. The van der Waals surface area contributed by atoms with E-state index in [4.69, 9.17) is 0 Å². The molecule has 0 heterocycles. The normalized spacial score (nSPS) is 11.5. The topological polar surface area (TPSA) is 75.3 Å². The Balaban J connectivity index is 1.92. The van der Waals surface area contributed by atoms with Gasteiger partial charge in [0.25, 0.3) is 5.91 Å². The lowest BCUT2D eigenvalue weighted by Crippen LogP contribution is -2.30. The molecule has 25 heavy (non-hydrogen) atoms. The smallest absolute Gasteiger partial charge is 0.251 e. The summed E-state index contributed by atoms with van der Waals surface area (Å²) in [6, 6.07) is 15.9. The van der Waals surface area contributed by atoms with Crippen LogP contribution in [-0.4, -0.2) is 26.9 Å². The summed E-state index contributed by atoms with van der Waals surface area (Å²) in [6.45, 7) is 4.04. The lowest BCUT2D eigenvalue weighted by atomic mass is 10.1. The van der Waals surface area contributed by atoms with Gasteiger partial charge in [-0.05, 0) is 50.5 Å². The Morgan fingerprint density at radius 1 is 1.04 bits per heavy atom. The molecule has 0 spiro atoms. The van der Waals surface area contributed by atoms with Crippen molar-refractivity contribution in [1.82, 2.24) is 10.0 Å². The molecule has 2 aromatic rings. The van der Waals surface area contributed by atoms with E-state index in [-0.39, 0.29) is 16.8 Å². The zero-order valence-corrected chi connectivity index (χ0v) is 15.3. The van der Waals surface area contributed by atoms with Crippen LogP contribution in [-0.2, 0) is 16.4 Å². The second-order valence-electron chi connectivity index (χ2n) is 6.15. The number of rotatable bonds is 8. The summed E-state index contributed by atoms with van der Waals surface area (Å²) in [5, 5.41) is 2.83. The van der Waals surface area contributed by atoms with Crippen LogP contribution in [0.25, 0.3) is 0 Å². The first kappa shape index (κ1) is 19.1. The van der Waals surface area contributed by atoms with Crippen LogP contribution in [0.2, 0.25) is 0 Å². The first-order chi connectivity index (χ1) is 11.9. The van der Waals surface area contributed by atoms with Crippen molar-refractivity contribution in [1.29, 1.82) is 0 Å². The van der Waals surface area contributed by atoms with Gasteiger partial charge in [0.05, 0.1) is 4.90 Å². The lowest BCUT2D eigenvalue weighted by Gasteiger charge is -2.11. The monoisotopic (exact) mass is 360 g/mol. The molecule has 0 unspecified atom stereocenters. The maximum Gasteiger partial charge on any atom is 0.251 e. The van der Waals surface area contributed by atoms with Crippen LogP contribution in [0.4, 0.5) is 0 Å². The van der Waals surface area contributed by atoms with Gasteiger partial charge in [-0.3, -0.25) is 4.79 Å². The van der Waals surface area contributed by atoms with Crippen LogP contribution in [0.15, 0.2) is 59.5 Å². The Bertz CT molecular complexity index is 802. The highest BCUT2D eigenvalue weighted by molar-refractivity contribution is 7.89. The Morgan fingerprint density at radius 2 is 1.76 bits per heavy atom. The molecule has 1 amide bonds. The van der Waals surface area contributed by atoms with Crippen LogP contribution in [0.1, 0.15) is 36.2 Å². The number of benzene rings is 2. The van der Waals surface area contributed by atoms with E-state index in [9.17, 15) is 13.2 Å². The largest absolute Gasteiger partial charge is 0.352 e. The molecule has 134 valence electrons. The van der Waals surface area contributed by atoms with E-state index in [1.54, 1.807) is 26.0 Å². The Hall–Kier alpha value is -2.18. The molecule has 0 aliphatic rings. The number of amides is 1. The summed E-state index contributed by atoms with van der Waals surface area (Å²) in [5.74, 6) is -0.269. The number of nitrogens with one attached hydrogen (secondary N) is 2. The predicted octanol–water partition coefficient (Wildman–Crippen LogP) is 2.74. The highest BCUT2D eigenvalue weighted by atomic mass is 32.2. The third-order valence-electron chi connectivity index (χ3n) is 3.57. The minimum absolute atomic E-state index is 0.0955. The first-order valence-corrected chi connectivity index (χ1v) is 9.81. The zero-order valence-electron chi connectivity index (χ0n) is 14.5. The second kappa shape index (κ2) is 8.78. The minimum Gasteiger partial charge on any atom is -0.352 e. The van der Waals surface area contributed by atoms with E-state index >= 15 is 0 Å². The molecular weight excluding hydrogens is 336 g/mol. The summed E-state index contributed by atoms with van der Waals surface area (Å²) in [7, 11) is -3.61. The summed E-state index contributed by atoms with van der Waals surface area (Å²) in [5.41, 5.74) is 1.57. The fraction of sp³-hybridized carbons (Fsp3) is 0.316. The van der Waals surface area contributed by atoms with Crippen molar-refractivity contribution in [2.75, 3.05) is 6.54 Å². The molecule has 2 N–H and O–H groups in total. The van der Waals surface area contributed by atoms with Gasteiger partial charge in [-0.1, -0.05) is 36.4 Å². The van der Waals surface area contributed by atoms with Gasteiger partial charge < -0.3 is 5.32 Å². The molecule has 2 rings (SSSR count). The van der Waals surface area contributed by atoms with Gasteiger partial charge in [-0.15, -0.1) is 0 Å². The molecule has 0 aliphatic carbocycles. The Labute approximate surface area is 149 Å². The standard InChI is InChI=1S/C19H24N2O3S/c1-15(2)21-25(23,24)18-12-6-11-17(14-18)19(22)20-13-7-10-16-8-4-3-5-9-16/h3-6,8-9,11-12,14-15,21H,7,10,13H2,1-2H3,(H,20,22). The van der Waals surface area contributed by atoms with E-state index in [0.717, 1.165) is 12.8 Å². The molecule has 6 heteroatoms. The SMILES string of the molecule is CC(C)NS(=O)(=O)c1cccc(C(=O)NCCCc2ccccc2)c1. The third kappa shape index (κ3) is 5.99. The first-order valence-electron chi connectivity index (χ1n) is 8.33. The van der Waals surface area contributed by atoms with Gasteiger partial charge >= 0.3 is 0 Å². The van der Waals surface area contributed by atoms with Crippen LogP contribution in [0.5, 0.6) is 0 Å². The van der Waals surface area contributed by atoms with E-state index < -0.39 is 10.0 Å². The molecule has 0 saturated carbocycles. The molecule has 0 bridgehead atoms. The fourth-order valence-electron chi connectivity index (χ4n) is 2.42. The highest BCUT2D eigenvalue weighted by Gasteiger charge is 2.17. The molecule has 0 aliphatic heterocycles. The number of hydrogen-bond donors (Lipinski definition) is 2. The van der Waals surface area contributed by atoms with Crippen molar-refractivity contribution >= 4 is 15.9 Å². The van der Waals surface area contributed by atoms with Crippen LogP contribution in [0.3, 0.4) is 0 Å². The number of aryl methyl sites for hydroxylation is 1. The summed E-state index contributed by atoms with van der Waals surface area (Å²) < 4.78 is 26.9. The van der Waals surface area contributed by atoms with Gasteiger partial charge in [0, 0.05) is 18.2 Å². The summed E-state index contributed by atoms with van der Waals surface area (Å²) >= 11 is 0. The molecule has 0 saturated heterocycles. The highest BCUT2D eigenvalue weighted by Crippen LogP contribution is 2.12. The van der Waals surface area contributed by atoms with Crippen LogP contribution >= 0.6 is 0 Å².